The summed E-state index contributed by atoms with van der Waals surface area (Å²) < 4.78 is 13.4. The van der Waals surface area contributed by atoms with Crippen LogP contribution in [0, 0.1) is 0 Å². The normalized spacial score (nSPS) is 14.2. The van der Waals surface area contributed by atoms with Crippen molar-refractivity contribution in [2.75, 3.05) is 12.4 Å². The van der Waals surface area contributed by atoms with Gasteiger partial charge in [-0.2, -0.15) is 0 Å². The van der Waals surface area contributed by atoms with Crippen LogP contribution >= 0.6 is 23.1 Å². The van der Waals surface area contributed by atoms with E-state index in [1.54, 1.807) is 4.57 Å². The first-order valence-electron chi connectivity index (χ1n) is 13.2. The molecular weight excluding hydrogens is 530 g/mol. The quantitative estimate of drug-likeness (QED) is 0.192. The molecule has 2 aromatic carbocycles. The van der Waals surface area contributed by atoms with Crippen LogP contribution in [0.5, 0.6) is 5.75 Å². The smallest absolute Gasteiger partial charge is 0.267 e. The molecule has 1 aliphatic rings. The Balaban J connectivity index is 1.42. The lowest BCUT2D eigenvalue weighted by Gasteiger charge is -2.29. The molecule has 0 aliphatic carbocycles. The lowest BCUT2D eigenvalue weighted by molar-refractivity contribution is -0.120. The Hall–Kier alpha value is -3.14. The van der Waals surface area contributed by atoms with E-state index in [4.69, 9.17) is 14.5 Å². The van der Waals surface area contributed by atoms with E-state index in [-0.39, 0.29) is 17.1 Å². The fourth-order valence-corrected chi connectivity index (χ4v) is 6.62. The van der Waals surface area contributed by atoms with Gasteiger partial charge in [-0.1, -0.05) is 49.0 Å². The van der Waals surface area contributed by atoms with Gasteiger partial charge in [0.25, 0.3) is 5.56 Å². The van der Waals surface area contributed by atoms with E-state index in [1.165, 1.54) is 23.1 Å². The molecular formula is C30H33N3O4S2. The number of aromatic nitrogens is 2. The summed E-state index contributed by atoms with van der Waals surface area (Å²) in [6.45, 7) is 7.77. The van der Waals surface area contributed by atoms with Gasteiger partial charge in [-0.3, -0.25) is 14.2 Å². The number of fused-ring (bicyclic) bond motifs is 3. The van der Waals surface area contributed by atoms with Gasteiger partial charge in [0.15, 0.2) is 5.16 Å². The Morgan fingerprint density at radius 3 is 2.69 bits per heavy atom. The molecule has 204 valence electrons. The molecule has 4 aromatic rings. The molecule has 0 radical (unpaired) electrons. The summed E-state index contributed by atoms with van der Waals surface area (Å²) in [4.78, 5) is 33.3. The molecule has 0 saturated carbocycles. The minimum atomic E-state index is -0.336. The number of rotatable bonds is 10. The van der Waals surface area contributed by atoms with Gasteiger partial charge in [0, 0.05) is 30.0 Å². The van der Waals surface area contributed by atoms with Crippen molar-refractivity contribution >= 4 is 39.2 Å². The maximum absolute atomic E-state index is 14.1. The first kappa shape index (κ1) is 27.4. The van der Waals surface area contributed by atoms with Crippen molar-refractivity contribution in [1.29, 1.82) is 0 Å². The molecule has 9 heteroatoms. The molecule has 1 amide bonds. The molecule has 0 bridgehead atoms. The maximum Gasteiger partial charge on any atom is 0.267 e. The topological polar surface area (TPSA) is 82.5 Å². The third kappa shape index (κ3) is 6.37. The molecule has 1 aliphatic heterocycles. The van der Waals surface area contributed by atoms with Crippen LogP contribution in [0.3, 0.4) is 0 Å². The molecule has 2 aromatic heterocycles. The number of ether oxygens (including phenoxy) is 2. The Bertz CT molecular complexity index is 1510. The molecule has 0 atom stereocenters. The van der Waals surface area contributed by atoms with E-state index in [0.29, 0.717) is 48.9 Å². The van der Waals surface area contributed by atoms with Crippen molar-refractivity contribution in [3.8, 4) is 11.4 Å². The second-order valence-corrected chi connectivity index (χ2v) is 12.3. The summed E-state index contributed by atoms with van der Waals surface area (Å²) in [5.74, 6) is 1.22. The third-order valence-corrected chi connectivity index (χ3v) is 8.57. The molecule has 0 fully saturated rings. The highest BCUT2D eigenvalue weighted by Crippen LogP contribution is 2.38. The average molecular weight is 564 g/mol. The molecule has 3 heterocycles. The number of nitrogens with zero attached hydrogens (tertiary/aromatic N) is 2. The molecule has 0 spiro atoms. The number of hydrogen-bond acceptors (Lipinski definition) is 7. The van der Waals surface area contributed by atoms with E-state index < -0.39 is 0 Å². The van der Waals surface area contributed by atoms with Crippen LogP contribution in [0.2, 0.25) is 0 Å². The largest absolute Gasteiger partial charge is 0.494 e. The third-order valence-electron chi connectivity index (χ3n) is 6.53. The van der Waals surface area contributed by atoms with Crippen LogP contribution in [0.4, 0.5) is 0 Å². The summed E-state index contributed by atoms with van der Waals surface area (Å²) in [6, 6.07) is 17.4. The second kappa shape index (κ2) is 11.9. The van der Waals surface area contributed by atoms with Crippen molar-refractivity contribution in [3.63, 3.8) is 0 Å². The Morgan fingerprint density at radius 1 is 1.18 bits per heavy atom. The first-order chi connectivity index (χ1) is 18.8. The number of nitrogens with one attached hydrogen (secondary N) is 1. The standard InChI is InChI=1S/C30H33N3O4S2/c1-4-15-36-22-12-10-21(11-13-22)33-28(35)26-23-17-30(2,3)37-19-24(23)39-27(26)32-29(33)38-16-14-25(34)31-18-20-8-6-5-7-9-20/h5-13H,4,14-19H2,1-3H3,(H,31,34). The first-order valence-corrected chi connectivity index (χ1v) is 15.0. The maximum atomic E-state index is 14.1. The zero-order chi connectivity index (χ0) is 27.4. The zero-order valence-corrected chi connectivity index (χ0v) is 24.1. The highest BCUT2D eigenvalue weighted by atomic mass is 32.2. The number of amides is 1. The molecule has 7 nitrogen and oxygen atoms in total. The van der Waals surface area contributed by atoms with Gasteiger partial charge in [-0.25, -0.2) is 4.98 Å². The van der Waals surface area contributed by atoms with Gasteiger partial charge in [-0.15, -0.1) is 11.3 Å². The summed E-state index contributed by atoms with van der Waals surface area (Å²) in [6.07, 6.45) is 1.90. The van der Waals surface area contributed by atoms with E-state index in [2.05, 4.69) is 12.2 Å². The van der Waals surface area contributed by atoms with Crippen LogP contribution in [0.25, 0.3) is 15.9 Å². The number of carbonyl (C=O) groups excluding carboxylic acids is 1. The van der Waals surface area contributed by atoms with E-state index >= 15 is 0 Å². The molecule has 0 unspecified atom stereocenters. The van der Waals surface area contributed by atoms with Crippen LogP contribution in [0.15, 0.2) is 64.5 Å². The van der Waals surface area contributed by atoms with E-state index in [1.807, 2.05) is 68.4 Å². The zero-order valence-electron chi connectivity index (χ0n) is 22.5. The van der Waals surface area contributed by atoms with Gasteiger partial charge >= 0.3 is 0 Å². The summed E-state index contributed by atoms with van der Waals surface area (Å²) in [5, 5.41) is 4.21. The minimum Gasteiger partial charge on any atom is -0.494 e. The predicted octanol–water partition coefficient (Wildman–Crippen LogP) is 5.89. The van der Waals surface area contributed by atoms with Crippen molar-refractivity contribution in [3.05, 3.63) is 81.0 Å². The van der Waals surface area contributed by atoms with Crippen molar-refractivity contribution in [1.82, 2.24) is 14.9 Å². The van der Waals surface area contributed by atoms with Gasteiger partial charge < -0.3 is 14.8 Å². The molecule has 39 heavy (non-hydrogen) atoms. The molecule has 0 saturated heterocycles. The second-order valence-electron chi connectivity index (χ2n) is 10.1. The monoisotopic (exact) mass is 563 g/mol. The van der Waals surface area contributed by atoms with Crippen LogP contribution in [-0.2, 0) is 29.1 Å². The van der Waals surface area contributed by atoms with Crippen molar-refractivity contribution in [2.45, 2.75) is 63.9 Å². The average Bonchev–Trinajstić information content (AvgIpc) is 3.28. The Kier molecular flexibility index (Phi) is 8.40. The summed E-state index contributed by atoms with van der Waals surface area (Å²) in [5.41, 5.74) is 2.39. The molecule has 1 N–H and O–H groups in total. The van der Waals surface area contributed by atoms with Crippen LogP contribution < -0.4 is 15.6 Å². The SMILES string of the molecule is CCCOc1ccc(-n2c(SCCC(=O)NCc3ccccc3)nc3sc4c(c3c2=O)CC(C)(C)OC4)cc1. The lowest BCUT2D eigenvalue weighted by atomic mass is 9.94. The fraction of sp³-hybridized carbons (Fsp3) is 0.367. The molecule has 5 rings (SSSR count). The number of benzene rings is 2. The Labute approximate surface area is 236 Å². The van der Waals surface area contributed by atoms with Gasteiger partial charge in [0.1, 0.15) is 10.6 Å². The number of carbonyl (C=O) groups is 1. The van der Waals surface area contributed by atoms with Crippen LogP contribution in [-0.4, -0.2) is 33.4 Å². The fourth-order valence-electron chi connectivity index (χ4n) is 4.53. The minimum absolute atomic E-state index is 0.0373. The lowest BCUT2D eigenvalue weighted by Crippen LogP contribution is -2.32. The number of thiophene rings is 1. The Morgan fingerprint density at radius 2 is 1.95 bits per heavy atom. The number of hydrogen-bond donors (Lipinski definition) is 1. The van der Waals surface area contributed by atoms with E-state index in [9.17, 15) is 9.59 Å². The van der Waals surface area contributed by atoms with Crippen LogP contribution in [0.1, 0.15) is 49.6 Å². The van der Waals surface area contributed by atoms with Crippen molar-refractivity contribution < 1.29 is 14.3 Å². The highest BCUT2D eigenvalue weighted by Gasteiger charge is 2.31. The van der Waals surface area contributed by atoms with Gasteiger partial charge in [-0.05, 0) is 55.7 Å². The predicted molar refractivity (Wildman–Crippen MR) is 157 cm³/mol. The highest BCUT2D eigenvalue weighted by molar-refractivity contribution is 7.99. The summed E-state index contributed by atoms with van der Waals surface area (Å²) >= 11 is 2.95. The van der Waals surface area contributed by atoms with E-state index in [0.717, 1.165) is 38.7 Å². The summed E-state index contributed by atoms with van der Waals surface area (Å²) in [7, 11) is 0. The van der Waals surface area contributed by atoms with Gasteiger partial charge in [0.2, 0.25) is 5.91 Å². The number of thioether (sulfide) groups is 1. The van der Waals surface area contributed by atoms with Crippen molar-refractivity contribution in [2.24, 2.45) is 0 Å². The van der Waals surface area contributed by atoms with Gasteiger partial charge in [0.05, 0.1) is 29.9 Å².